The third-order valence-corrected chi connectivity index (χ3v) is 3.90. The molecule has 0 radical (unpaired) electrons. The number of nitrogens with zero attached hydrogens (tertiary/aromatic N) is 3. The second kappa shape index (κ2) is 4.55. The van der Waals surface area contributed by atoms with Gasteiger partial charge in [0.2, 0.25) is 0 Å². The molecule has 1 aromatic rings. The largest absolute Gasteiger partial charge is 0.336 e. The van der Waals surface area contributed by atoms with E-state index in [9.17, 15) is 0 Å². The Kier molecular flexibility index (Phi) is 3.00. The molecule has 3 rings (SSSR count). The van der Waals surface area contributed by atoms with E-state index in [2.05, 4.69) is 61.0 Å². The van der Waals surface area contributed by atoms with Crippen LogP contribution in [0.1, 0.15) is 40.0 Å². The highest BCUT2D eigenvalue weighted by Crippen LogP contribution is 2.34. The topological polar surface area (TPSA) is 18.8 Å². The van der Waals surface area contributed by atoms with Crippen molar-refractivity contribution in [2.24, 2.45) is 10.5 Å². The normalized spacial score (nSPS) is 22.7. The zero-order chi connectivity index (χ0) is 13.5. The molecule has 0 bridgehead atoms. The Bertz CT molecular complexity index is 473. The molecule has 0 N–H and O–H groups in total. The van der Waals surface area contributed by atoms with Crippen LogP contribution < -0.4 is 5.01 Å². The van der Waals surface area contributed by atoms with Gasteiger partial charge >= 0.3 is 0 Å². The van der Waals surface area contributed by atoms with Crippen LogP contribution in [0.25, 0.3) is 0 Å². The quantitative estimate of drug-likeness (QED) is 0.805. The first-order chi connectivity index (χ1) is 9.03. The summed E-state index contributed by atoms with van der Waals surface area (Å²) in [6.45, 7) is 7.90. The van der Waals surface area contributed by atoms with Crippen LogP contribution in [0.5, 0.6) is 0 Å². The van der Waals surface area contributed by atoms with E-state index in [1.807, 2.05) is 0 Å². The van der Waals surface area contributed by atoms with Gasteiger partial charge in [0, 0.05) is 12.5 Å². The first-order valence-electron chi connectivity index (χ1n) is 7.20. The van der Waals surface area contributed by atoms with Gasteiger partial charge in [0.25, 0.3) is 0 Å². The summed E-state index contributed by atoms with van der Waals surface area (Å²) in [6.07, 6.45) is 3.64. The maximum Gasteiger partial charge on any atom is 0.127 e. The van der Waals surface area contributed by atoms with Crippen molar-refractivity contribution in [2.75, 3.05) is 11.7 Å². The van der Waals surface area contributed by atoms with Crippen LogP contribution in [0.3, 0.4) is 0 Å². The SMILES string of the molecule is CC(C)(C)C[C@H]1CCC2=NN(c3ccccc3)CN21. The number of hydrazone groups is 1. The van der Waals surface area contributed by atoms with Crippen LogP contribution in [-0.2, 0) is 0 Å². The molecule has 3 heteroatoms. The lowest BCUT2D eigenvalue weighted by Crippen LogP contribution is -2.36. The summed E-state index contributed by atoms with van der Waals surface area (Å²) in [5.74, 6) is 1.28. The van der Waals surface area contributed by atoms with E-state index in [0.717, 1.165) is 13.1 Å². The van der Waals surface area contributed by atoms with Crippen molar-refractivity contribution >= 4 is 11.5 Å². The summed E-state index contributed by atoms with van der Waals surface area (Å²) in [6, 6.07) is 11.1. The van der Waals surface area contributed by atoms with Gasteiger partial charge in [-0.15, -0.1) is 0 Å². The molecule has 0 aromatic heterocycles. The minimum Gasteiger partial charge on any atom is -0.336 e. The molecule has 19 heavy (non-hydrogen) atoms. The van der Waals surface area contributed by atoms with Crippen LogP contribution in [0.15, 0.2) is 35.4 Å². The molecule has 2 aliphatic heterocycles. The minimum atomic E-state index is 0.389. The first kappa shape index (κ1) is 12.5. The smallest absolute Gasteiger partial charge is 0.127 e. The zero-order valence-corrected chi connectivity index (χ0v) is 12.1. The fourth-order valence-corrected chi connectivity index (χ4v) is 3.08. The van der Waals surface area contributed by atoms with Gasteiger partial charge in [0.05, 0.1) is 5.69 Å². The van der Waals surface area contributed by atoms with Gasteiger partial charge in [-0.3, -0.25) is 0 Å². The predicted molar refractivity (Wildman–Crippen MR) is 80.2 cm³/mol. The van der Waals surface area contributed by atoms with Gasteiger partial charge in [-0.25, -0.2) is 5.01 Å². The Labute approximate surface area is 115 Å². The molecular weight excluding hydrogens is 234 g/mol. The monoisotopic (exact) mass is 257 g/mol. The van der Waals surface area contributed by atoms with E-state index in [-0.39, 0.29) is 0 Å². The van der Waals surface area contributed by atoms with Crippen molar-refractivity contribution in [1.29, 1.82) is 0 Å². The number of amidine groups is 1. The average Bonchev–Trinajstić information content (AvgIpc) is 2.91. The van der Waals surface area contributed by atoms with Gasteiger partial charge in [-0.2, -0.15) is 5.10 Å². The summed E-state index contributed by atoms with van der Waals surface area (Å²) in [7, 11) is 0. The molecule has 0 unspecified atom stereocenters. The molecule has 2 aliphatic rings. The number of hydrogen-bond donors (Lipinski definition) is 0. The van der Waals surface area contributed by atoms with Crippen molar-refractivity contribution in [1.82, 2.24) is 4.90 Å². The molecule has 2 heterocycles. The van der Waals surface area contributed by atoms with Crippen molar-refractivity contribution in [3.05, 3.63) is 30.3 Å². The van der Waals surface area contributed by atoms with Crippen molar-refractivity contribution < 1.29 is 0 Å². The summed E-state index contributed by atoms with van der Waals surface area (Å²) < 4.78 is 0. The maximum absolute atomic E-state index is 4.78. The Morgan fingerprint density at radius 2 is 1.95 bits per heavy atom. The Hall–Kier alpha value is -1.51. The Morgan fingerprint density at radius 1 is 1.21 bits per heavy atom. The van der Waals surface area contributed by atoms with E-state index in [1.54, 1.807) is 0 Å². The first-order valence-corrected chi connectivity index (χ1v) is 7.20. The molecule has 1 fully saturated rings. The van der Waals surface area contributed by atoms with E-state index < -0.39 is 0 Å². The second-order valence-corrected chi connectivity index (χ2v) is 6.82. The van der Waals surface area contributed by atoms with Crippen LogP contribution in [0, 0.1) is 5.41 Å². The lowest BCUT2D eigenvalue weighted by molar-refractivity contribution is 0.244. The Morgan fingerprint density at radius 3 is 2.63 bits per heavy atom. The second-order valence-electron chi connectivity index (χ2n) is 6.82. The van der Waals surface area contributed by atoms with Crippen LogP contribution >= 0.6 is 0 Å². The summed E-state index contributed by atoms with van der Waals surface area (Å²) in [5.41, 5.74) is 1.58. The lowest BCUT2D eigenvalue weighted by Gasteiger charge is -2.30. The maximum atomic E-state index is 4.78. The summed E-state index contributed by atoms with van der Waals surface area (Å²) in [5, 5.41) is 6.91. The van der Waals surface area contributed by atoms with E-state index >= 15 is 0 Å². The van der Waals surface area contributed by atoms with Crippen LogP contribution in [-0.4, -0.2) is 23.4 Å². The molecule has 102 valence electrons. The van der Waals surface area contributed by atoms with Crippen LogP contribution in [0.2, 0.25) is 0 Å². The third kappa shape index (κ3) is 2.60. The number of para-hydroxylation sites is 1. The van der Waals surface area contributed by atoms with Crippen molar-refractivity contribution in [3.8, 4) is 0 Å². The minimum absolute atomic E-state index is 0.389. The molecule has 0 aliphatic carbocycles. The molecule has 1 atom stereocenters. The number of hydrogen-bond acceptors (Lipinski definition) is 3. The zero-order valence-electron chi connectivity index (χ0n) is 12.1. The molecule has 1 saturated heterocycles. The van der Waals surface area contributed by atoms with Crippen LogP contribution in [0.4, 0.5) is 5.69 Å². The fourth-order valence-electron chi connectivity index (χ4n) is 3.08. The summed E-state index contributed by atoms with van der Waals surface area (Å²) in [4.78, 5) is 2.50. The average molecular weight is 257 g/mol. The van der Waals surface area contributed by atoms with Gasteiger partial charge in [0.15, 0.2) is 0 Å². The molecule has 3 nitrogen and oxygen atoms in total. The number of rotatable bonds is 2. The molecular formula is C16H23N3. The molecule has 1 aromatic carbocycles. The molecule has 0 saturated carbocycles. The highest BCUT2D eigenvalue weighted by Gasteiger charge is 2.37. The predicted octanol–water partition coefficient (Wildman–Crippen LogP) is 3.68. The molecule has 0 amide bonds. The fraction of sp³-hybridized carbons (Fsp3) is 0.562. The number of anilines is 1. The van der Waals surface area contributed by atoms with Gasteiger partial charge in [-0.05, 0) is 30.4 Å². The number of fused-ring (bicyclic) bond motifs is 1. The third-order valence-electron chi connectivity index (χ3n) is 3.90. The highest BCUT2D eigenvalue weighted by atomic mass is 15.6. The number of benzene rings is 1. The summed E-state index contributed by atoms with van der Waals surface area (Å²) >= 11 is 0. The lowest BCUT2D eigenvalue weighted by atomic mass is 9.87. The van der Waals surface area contributed by atoms with E-state index in [1.165, 1.54) is 24.4 Å². The van der Waals surface area contributed by atoms with Crippen molar-refractivity contribution in [3.63, 3.8) is 0 Å². The van der Waals surface area contributed by atoms with Crippen molar-refractivity contribution in [2.45, 2.75) is 46.1 Å². The molecule has 0 spiro atoms. The highest BCUT2D eigenvalue weighted by molar-refractivity contribution is 5.87. The van der Waals surface area contributed by atoms with Gasteiger partial charge in [0.1, 0.15) is 12.5 Å². The van der Waals surface area contributed by atoms with Gasteiger partial charge < -0.3 is 4.90 Å². The van der Waals surface area contributed by atoms with Gasteiger partial charge in [-0.1, -0.05) is 39.0 Å². The Balaban J connectivity index is 1.73. The standard InChI is InChI=1S/C16H23N3/c1-16(2,3)11-14-9-10-15-17-19(12-18(14)15)13-7-5-4-6-8-13/h4-8,14H,9-12H2,1-3H3/t14-/m1/s1. The van der Waals surface area contributed by atoms with E-state index in [0.29, 0.717) is 11.5 Å². The van der Waals surface area contributed by atoms with E-state index in [4.69, 9.17) is 5.10 Å².